The summed E-state index contributed by atoms with van der Waals surface area (Å²) in [5, 5.41) is 5.83. The predicted molar refractivity (Wildman–Crippen MR) is 343 cm³/mol. The van der Waals surface area contributed by atoms with Gasteiger partial charge in [0.1, 0.15) is 10.1 Å². The molecule has 0 fully saturated rings. The Morgan fingerprint density at radius 3 is 0.905 bits per heavy atom. The maximum atomic E-state index is 12.0. The van der Waals surface area contributed by atoms with Gasteiger partial charge in [-0.3, -0.25) is 0 Å². The Kier molecular flexibility index (Phi) is 27.3. The minimum absolute atomic E-state index is 0. The fourth-order valence-electron chi connectivity index (χ4n) is 12.1. The van der Waals surface area contributed by atoms with Crippen LogP contribution in [0.3, 0.4) is 0 Å². The van der Waals surface area contributed by atoms with Gasteiger partial charge in [0, 0.05) is 43.5 Å². The van der Waals surface area contributed by atoms with E-state index in [0.29, 0.717) is 50.5 Å². The molecule has 14 heteroatoms. The summed E-state index contributed by atoms with van der Waals surface area (Å²) in [4.78, 5) is 35.5. The van der Waals surface area contributed by atoms with E-state index in [1.807, 2.05) is 72.8 Å². The molecular weight excluding hydrogens is 1110 g/mol. The van der Waals surface area contributed by atoms with Gasteiger partial charge < -0.3 is 48.9 Å². The van der Waals surface area contributed by atoms with E-state index in [2.05, 4.69) is 37.9 Å². The Bertz CT molecular complexity index is 3590. The standard InChI is InChI=1S/C38H80N.C32H18N8O3S.Cu/c1-5-7-9-11-13-15-17-19-21-23-25-27-29-31-33-35-37-39(3,4)38-36-34-32-30-28-26-24-22-20-18-16-14-12-10-8-6-2;41-44(42,43)16-13-14-23-24(15-16)32-39-30-22-12-6-5-11-21(22)28(37-30)35-26-18-8-2-1-7-17(18)25(33-26)34-27-19-9-3-4-10-20(19)29(36-27)38-31(23)40-32;/h5-38H2,1-4H3;1-15H,(H3-2,33,34,35,36,37,38,39,40,41,42,43);/q+1;-2;+2/p-1. The third-order valence-electron chi connectivity index (χ3n) is 17.0. The van der Waals surface area contributed by atoms with E-state index in [1.54, 1.807) is 0 Å². The Labute approximate surface area is 512 Å². The molecule has 8 bridgehead atoms. The Morgan fingerprint density at radius 2 is 0.619 bits per heavy atom. The van der Waals surface area contributed by atoms with Gasteiger partial charge in [-0.2, -0.15) is 0 Å². The summed E-state index contributed by atoms with van der Waals surface area (Å²) in [6, 6.07) is 27.2. The van der Waals surface area contributed by atoms with E-state index in [4.69, 9.17) is 29.9 Å². The van der Waals surface area contributed by atoms with Crippen LogP contribution in [0.1, 0.15) is 219 Å². The summed E-state index contributed by atoms with van der Waals surface area (Å²) in [6.45, 7) is 7.39. The normalized spacial score (nSPS) is 12.4. The van der Waals surface area contributed by atoms with Crippen molar-refractivity contribution in [1.29, 1.82) is 0 Å². The van der Waals surface area contributed by atoms with Crippen LogP contribution in [0.5, 0.6) is 0 Å². The Balaban J connectivity index is 0.000000241. The summed E-state index contributed by atoms with van der Waals surface area (Å²) in [5.74, 6) is 2.07. The number of quaternary nitrogens is 1. The van der Waals surface area contributed by atoms with Crippen molar-refractivity contribution in [3.05, 3.63) is 113 Å². The molecular formula is C70H97CuN9O3S. The second-order valence-electron chi connectivity index (χ2n) is 24.4. The predicted octanol–water partition coefficient (Wildman–Crippen LogP) is 17.5. The molecule has 84 heavy (non-hydrogen) atoms. The fraction of sp³-hybridized carbons (Fsp3) is 0.543. The molecule has 0 saturated carbocycles. The van der Waals surface area contributed by atoms with E-state index < -0.39 is 10.1 Å². The summed E-state index contributed by atoms with van der Waals surface area (Å²) < 4.78 is 37.1. The Hall–Kier alpha value is -5.37. The van der Waals surface area contributed by atoms with Crippen molar-refractivity contribution in [2.75, 3.05) is 27.2 Å². The average molecular weight is 1210 g/mol. The van der Waals surface area contributed by atoms with Gasteiger partial charge in [-0.15, -0.1) is 0 Å². The van der Waals surface area contributed by atoms with Gasteiger partial charge in [-0.1, -0.05) is 272 Å². The number of nitrogens with zero attached hydrogens (tertiary/aromatic N) is 7. The van der Waals surface area contributed by atoms with Crippen LogP contribution < -0.4 is 31.9 Å². The zero-order chi connectivity index (χ0) is 58.1. The zero-order valence-corrected chi connectivity index (χ0v) is 53.0. The molecule has 9 rings (SSSR count). The quantitative estimate of drug-likeness (QED) is 0.0174. The SMILES string of the molecule is CCCCCCCCCCCCCCCCCC[N+](C)(C)CCCCCCCCCCCCCCCCCC.O=S(=O)([O-])c1ccc2c3[n-]c(c2c1)=Nc1[nH]c(c2ccccc12)N=c1[n-]c(c2ccccc12)=Nc1[nH]c(c2ccccc12)N=3.[Cu+2]. The number of hydrogen-bond donors (Lipinski definition) is 2. The van der Waals surface area contributed by atoms with Crippen molar-refractivity contribution in [3.63, 3.8) is 0 Å². The molecule has 4 aromatic heterocycles. The van der Waals surface area contributed by atoms with Crippen molar-refractivity contribution in [3.8, 4) is 0 Å². The molecule has 1 radical (unpaired) electrons. The molecule has 0 spiro atoms. The van der Waals surface area contributed by atoms with E-state index in [9.17, 15) is 13.0 Å². The molecule has 5 heterocycles. The average Bonchev–Trinajstić information content (AvgIpc) is 2.40. The number of benzene rings is 4. The first-order valence-corrected chi connectivity index (χ1v) is 34.0. The number of rotatable bonds is 35. The molecule has 0 atom stereocenters. The van der Waals surface area contributed by atoms with Gasteiger partial charge in [0.25, 0.3) is 0 Å². The van der Waals surface area contributed by atoms with Gasteiger partial charge in [0.2, 0.25) is 0 Å². The van der Waals surface area contributed by atoms with Gasteiger partial charge in [0.05, 0.1) is 55.4 Å². The van der Waals surface area contributed by atoms with Crippen LogP contribution in [-0.2, 0) is 27.2 Å². The molecule has 1 aliphatic heterocycles. The topological polar surface area (TPSA) is 166 Å². The Morgan fingerprint density at radius 1 is 0.369 bits per heavy atom. The van der Waals surface area contributed by atoms with Crippen molar-refractivity contribution < 1.29 is 34.5 Å². The summed E-state index contributed by atoms with van der Waals surface area (Å²) >= 11 is 0. The van der Waals surface area contributed by atoms with Gasteiger partial charge in [-0.25, -0.2) is 8.42 Å². The zero-order valence-electron chi connectivity index (χ0n) is 51.3. The van der Waals surface area contributed by atoms with Crippen LogP contribution >= 0.6 is 0 Å². The molecule has 12 nitrogen and oxygen atoms in total. The first-order valence-electron chi connectivity index (χ1n) is 32.5. The first-order chi connectivity index (χ1) is 40.5. The number of nitrogens with one attached hydrogen (secondary N) is 2. The summed E-state index contributed by atoms with van der Waals surface area (Å²) in [5.41, 5.74) is 1.51. The molecule has 0 saturated heterocycles. The monoisotopic (exact) mass is 1210 g/mol. The largest absolute Gasteiger partial charge is 2.00 e. The van der Waals surface area contributed by atoms with Crippen molar-refractivity contribution in [2.24, 2.45) is 20.0 Å². The van der Waals surface area contributed by atoms with Crippen LogP contribution in [0, 0.1) is 0 Å². The number of fused-ring (bicyclic) bond motifs is 20. The molecule has 0 aliphatic carbocycles. The van der Waals surface area contributed by atoms with Gasteiger partial charge in [-0.05, 0) is 59.4 Å². The van der Waals surface area contributed by atoms with Crippen molar-refractivity contribution in [1.82, 2.24) is 19.9 Å². The second-order valence-corrected chi connectivity index (χ2v) is 25.8. The number of aromatic amines is 2. The van der Waals surface area contributed by atoms with E-state index >= 15 is 0 Å². The minimum atomic E-state index is -4.73. The van der Waals surface area contributed by atoms with E-state index in [1.165, 1.54) is 241 Å². The molecule has 0 unspecified atom stereocenters. The third-order valence-corrected chi connectivity index (χ3v) is 17.9. The van der Waals surface area contributed by atoms with Gasteiger partial charge in [0.15, 0.2) is 0 Å². The summed E-state index contributed by atoms with van der Waals surface area (Å²) in [7, 11) is 0.208. The second kappa shape index (κ2) is 34.7. The number of aromatic nitrogens is 4. The third kappa shape index (κ3) is 19.8. The molecule has 8 aromatic rings. The minimum Gasteiger partial charge on any atom is -0.744 e. The van der Waals surface area contributed by atoms with E-state index in [0.717, 1.165) is 32.3 Å². The van der Waals surface area contributed by atoms with E-state index in [-0.39, 0.29) is 27.5 Å². The molecule has 1 aliphatic rings. The van der Waals surface area contributed by atoms with Gasteiger partial charge >= 0.3 is 17.1 Å². The first kappa shape index (κ1) is 66.2. The number of unbranched alkanes of at least 4 members (excludes halogenated alkanes) is 30. The number of H-pyrrole nitrogens is 2. The van der Waals surface area contributed by atoms with Crippen LogP contribution in [0.25, 0.3) is 43.1 Å². The van der Waals surface area contributed by atoms with Crippen LogP contribution in [0.2, 0.25) is 0 Å². The maximum Gasteiger partial charge on any atom is 2.00 e. The maximum absolute atomic E-state index is 12.0. The fourth-order valence-corrected chi connectivity index (χ4v) is 12.6. The smallest absolute Gasteiger partial charge is 0.744 e. The van der Waals surface area contributed by atoms with Crippen LogP contribution in [0.15, 0.2) is 116 Å². The molecule has 457 valence electrons. The molecule has 4 aromatic carbocycles. The van der Waals surface area contributed by atoms with Crippen LogP contribution in [-0.4, -0.2) is 54.6 Å². The molecule has 0 amide bonds. The van der Waals surface area contributed by atoms with Crippen LogP contribution in [0.4, 0.5) is 23.3 Å². The van der Waals surface area contributed by atoms with Crippen molar-refractivity contribution in [2.45, 2.75) is 224 Å². The molecule has 2 N–H and O–H groups in total. The summed E-state index contributed by atoms with van der Waals surface area (Å²) in [6.07, 6.45) is 46.9. The number of hydrogen-bond acceptors (Lipinski definition) is 7. The van der Waals surface area contributed by atoms with Crippen molar-refractivity contribution >= 4 is 76.5 Å².